The van der Waals surface area contributed by atoms with Gasteiger partial charge in [-0.25, -0.2) is 4.79 Å². The molecule has 2 N–H and O–H groups in total. The molecule has 0 aromatic heterocycles. The predicted molar refractivity (Wildman–Crippen MR) is 52.1 cm³/mol. The molecule has 1 unspecified atom stereocenters. The maximum atomic E-state index is 11.4. The molecule has 0 aliphatic carbocycles. The van der Waals surface area contributed by atoms with Crippen molar-refractivity contribution in [1.29, 1.82) is 0 Å². The predicted octanol–water partition coefficient (Wildman–Crippen LogP) is -0.604. The molecule has 2 atom stereocenters. The molecule has 6 heteroatoms. The first-order valence-corrected chi connectivity index (χ1v) is 5.65. The van der Waals surface area contributed by atoms with Crippen molar-refractivity contribution in [2.24, 2.45) is 0 Å². The van der Waals surface area contributed by atoms with Crippen LogP contribution in [0.15, 0.2) is 0 Å². The van der Waals surface area contributed by atoms with Crippen LogP contribution < -0.4 is 0 Å². The lowest BCUT2D eigenvalue weighted by Crippen LogP contribution is -2.41. The molecule has 0 saturated carbocycles. The van der Waals surface area contributed by atoms with Crippen LogP contribution in [0.3, 0.4) is 0 Å². The molecular weight excluding hydrogens is 206 g/mol. The molecule has 5 nitrogen and oxygen atoms in total. The Morgan fingerprint density at radius 3 is 2.71 bits per heavy atom. The van der Waals surface area contributed by atoms with Crippen LogP contribution in [-0.4, -0.2) is 57.7 Å². The molecule has 1 aliphatic rings. The summed E-state index contributed by atoms with van der Waals surface area (Å²) in [5, 5.41) is 18.1. The van der Waals surface area contributed by atoms with Crippen molar-refractivity contribution in [2.75, 3.05) is 18.6 Å². The highest BCUT2D eigenvalue weighted by molar-refractivity contribution is 7.99. The van der Waals surface area contributed by atoms with Gasteiger partial charge in [-0.2, -0.15) is 11.8 Å². The van der Waals surface area contributed by atoms with Crippen molar-refractivity contribution < 1.29 is 19.8 Å². The summed E-state index contributed by atoms with van der Waals surface area (Å²) in [6.45, 7) is 0.135. The number of aliphatic hydroxyl groups is 1. The molecule has 0 radical (unpaired) electrons. The average molecular weight is 219 g/mol. The summed E-state index contributed by atoms with van der Waals surface area (Å²) in [7, 11) is 0. The lowest BCUT2D eigenvalue weighted by atomic mass is 10.2. The molecule has 0 aromatic rings. The van der Waals surface area contributed by atoms with Crippen molar-refractivity contribution in [3.63, 3.8) is 0 Å². The van der Waals surface area contributed by atoms with Crippen LogP contribution in [0.5, 0.6) is 0 Å². The van der Waals surface area contributed by atoms with E-state index in [1.54, 1.807) is 6.26 Å². The molecule has 1 amide bonds. The summed E-state index contributed by atoms with van der Waals surface area (Å²) in [6, 6.07) is -0.857. The number of hydrogen-bond donors (Lipinski definition) is 2. The third kappa shape index (κ3) is 2.39. The number of aliphatic carboxylic acids is 1. The first-order chi connectivity index (χ1) is 6.56. The van der Waals surface area contributed by atoms with Crippen LogP contribution in [0.25, 0.3) is 0 Å². The van der Waals surface area contributed by atoms with Crippen LogP contribution in [0.1, 0.15) is 6.42 Å². The van der Waals surface area contributed by atoms with E-state index in [9.17, 15) is 14.7 Å². The van der Waals surface area contributed by atoms with Gasteiger partial charge in [0.05, 0.1) is 11.9 Å². The van der Waals surface area contributed by atoms with Crippen LogP contribution in [-0.2, 0) is 9.59 Å². The highest BCUT2D eigenvalue weighted by Crippen LogP contribution is 2.19. The van der Waals surface area contributed by atoms with E-state index in [2.05, 4.69) is 0 Å². The average Bonchev–Trinajstić information content (AvgIpc) is 2.48. The first-order valence-electron chi connectivity index (χ1n) is 4.25. The molecule has 1 rings (SSSR count). The van der Waals surface area contributed by atoms with Crippen molar-refractivity contribution in [3.05, 3.63) is 0 Å². The molecule has 1 heterocycles. The Labute approximate surface area is 86.1 Å². The van der Waals surface area contributed by atoms with Gasteiger partial charge in [-0.1, -0.05) is 0 Å². The van der Waals surface area contributed by atoms with Crippen LogP contribution in [0.2, 0.25) is 0 Å². The normalized spacial score (nSPS) is 26.6. The van der Waals surface area contributed by atoms with Crippen molar-refractivity contribution >= 4 is 23.6 Å². The number of thioether (sulfide) groups is 1. The highest BCUT2D eigenvalue weighted by atomic mass is 32.2. The molecule has 1 aliphatic heterocycles. The number of aliphatic hydroxyl groups excluding tert-OH is 1. The SMILES string of the molecule is CSCC(=O)N1CC(O)C[C@H]1C(=O)O. The number of carboxylic acid groups (broad SMARTS) is 1. The lowest BCUT2D eigenvalue weighted by molar-refractivity contribution is -0.147. The van der Waals surface area contributed by atoms with Gasteiger partial charge in [0.2, 0.25) is 5.91 Å². The van der Waals surface area contributed by atoms with Crippen LogP contribution >= 0.6 is 11.8 Å². The summed E-state index contributed by atoms with van der Waals surface area (Å²) >= 11 is 1.35. The number of β-amino-alcohol motifs (C(OH)–C–C–N with tert-alkyl or cyclic N) is 1. The summed E-state index contributed by atoms with van der Waals surface area (Å²) < 4.78 is 0. The summed E-state index contributed by atoms with van der Waals surface area (Å²) in [5.74, 6) is -1.01. The van der Waals surface area contributed by atoms with Gasteiger partial charge >= 0.3 is 5.97 Å². The van der Waals surface area contributed by atoms with Crippen molar-refractivity contribution in [1.82, 2.24) is 4.90 Å². The number of carbonyl (C=O) groups is 2. The maximum absolute atomic E-state index is 11.4. The zero-order valence-electron chi connectivity index (χ0n) is 7.84. The van der Waals surface area contributed by atoms with Crippen molar-refractivity contribution in [3.8, 4) is 0 Å². The zero-order valence-corrected chi connectivity index (χ0v) is 8.66. The van der Waals surface area contributed by atoms with Gasteiger partial charge in [-0.3, -0.25) is 4.79 Å². The minimum absolute atomic E-state index is 0.134. The number of amides is 1. The Morgan fingerprint density at radius 2 is 2.21 bits per heavy atom. The van der Waals surface area contributed by atoms with Gasteiger partial charge in [0, 0.05) is 13.0 Å². The van der Waals surface area contributed by atoms with E-state index in [4.69, 9.17) is 5.11 Å². The van der Waals surface area contributed by atoms with E-state index in [1.807, 2.05) is 0 Å². The standard InChI is InChI=1S/C8H13NO4S/c1-14-4-7(11)9-3-5(10)2-6(9)8(12)13/h5-6,10H,2-4H2,1H3,(H,12,13)/t5?,6-/m0/s1. The fourth-order valence-corrected chi connectivity index (χ4v) is 1.94. The summed E-state index contributed by atoms with van der Waals surface area (Å²) in [5.41, 5.74) is 0. The molecule has 0 bridgehead atoms. The fraction of sp³-hybridized carbons (Fsp3) is 0.750. The minimum Gasteiger partial charge on any atom is -0.480 e. The Kier molecular flexibility index (Phi) is 3.77. The smallest absolute Gasteiger partial charge is 0.326 e. The molecule has 14 heavy (non-hydrogen) atoms. The zero-order chi connectivity index (χ0) is 10.7. The number of hydrogen-bond acceptors (Lipinski definition) is 4. The van der Waals surface area contributed by atoms with E-state index in [0.29, 0.717) is 0 Å². The Hall–Kier alpha value is -0.750. The van der Waals surface area contributed by atoms with E-state index >= 15 is 0 Å². The van der Waals surface area contributed by atoms with Gasteiger partial charge in [-0.05, 0) is 6.26 Å². The van der Waals surface area contributed by atoms with E-state index in [1.165, 1.54) is 16.7 Å². The van der Waals surface area contributed by atoms with Gasteiger partial charge in [-0.15, -0.1) is 0 Å². The minimum atomic E-state index is -1.05. The largest absolute Gasteiger partial charge is 0.480 e. The number of likely N-dealkylation sites (tertiary alicyclic amines) is 1. The Bertz CT molecular complexity index is 245. The fourth-order valence-electron chi connectivity index (χ4n) is 1.53. The topological polar surface area (TPSA) is 77.8 Å². The van der Waals surface area contributed by atoms with Gasteiger partial charge in [0.1, 0.15) is 6.04 Å². The van der Waals surface area contributed by atoms with Crippen molar-refractivity contribution in [2.45, 2.75) is 18.6 Å². The van der Waals surface area contributed by atoms with Crippen LogP contribution in [0, 0.1) is 0 Å². The number of carbonyl (C=O) groups excluding carboxylic acids is 1. The number of carboxylic acids is 1. The molecule has 80 valence electrons. The molecule has 0 aromatic carbocycles. The molecule has 1 fully saturated rings. The summed E-state index contributed by atoms with van der Waals surface area (Å²) in [6.07, 6.45) is 1.21. The third-order valence-corrected chi connectivity index (χ3v) is 2.69. The Morgan fingerprint density at radius 1 is 1.57 bits per heavy atom. The van der Waals surface area contributed by atoms with E-state index < -0.39 is 18.1 Å². The van der Waals surface area contributed by atoms with E-state index in [-0.39, 0.29) is 24.6 Å². The van der Waals surface area contributed by atoms with E-state index in [0.717, 1.165) is 0 Å². The highest BCUT2D eigenvalue weighted by Gasteiger charge is 2.38. The van der Waals surface area contributed by atoms with Gasteiger partial charge in [0.15, 0.2) is 0 Å². The Balaban J connectivity index is 2.66. The second-order valence-electron chi connectivity index (χ2n) is 3.22. The second kappa shape index (κ2) is 4.65. The third-order valence-electron chi connectivity index (χ3n) is 2.15. The summed E-state index contributed by atoms with van der Waals surface area (Å²) in [4.78, 5) is 23.4. The quantitative estimate of drug-likeness (QED) is 0.662. The van der Waals surface area contributed by atoms with Gasteiger partial charge < -0.3 is 15.1 Å². The second-order valence-corrected chi connectivity index (χ2v) is 4.09. The van der Waals surface area contributed by atoms with Gasteiger partial charge in [0.25, 0.3) is 0 Å². The lowest BCUT2D eigenvalue weighted by Gasteiger charge is -2.20. The van der Waals surface area contributed by atoms with Crippen LogP contribution in [0.4, 0.5) is 0 Å². The molecule has 0 spiro atoms. The monoisotopic (exact) mass is 219 g/mol. The number of rotatable bonds is 3. The first kappa shape index (κ1) is 11.3. The molecule has 1 saturated heterocycles. The number of nitrogens with zero attached hydrogens (tertiary/aromatic N) is 1. The molecular formula is C8H13NO4S. The maximum Gasteiger partial charge on any atom is 0.326 e.